The van der Waals surface area contributed by atoms with E-state index in [2.05, 4.69) is 27.2 Å². The van der Waals surface area contributed by atoms with Crippen LogP contribution in [0, 0.1) is 11.8 Å². The number of carbonyl (C=O) groups excluding carboxylic acids is 17. The number of aromatic amines is 1. The summed E-state index contributed by atoms with van der Waals surface area (Å²) in [6, 6.07) is -4.56. The minimum absolute atomic E-state index is 0.0418. The quantitative estimate of drug-likeness (QED) is 0.0307. The zero-order chi connectivity index (χ0) is 76.3. The number of hydrogen-bond donors (Lipinski definition) is 19. The highest BCUT2D eigenvalue weighted by atomic mass is 16.4. The number of imidazole rings is 1. The van der Waals surface area contributed by atoms with E-state index in [1.165, 1.54) is 0 Å². The third-order valence-electron chi connectivity index (χ3n) is 7.98. The van der Waals surface area contributed by atoms with Gasteiger partial charge in [0.25, 0.3) is 0 Å². The van der Waals surface area contributed by atoms with Crippen LogP contribution in [0.4, 0.5) is 0 Å². The fourth-order valence-electron chi connectivity index (χ4n) is 3.10. The number of rotatable bonds is 31. The van der Waals surface area contributed by atoms with E-state index in [-0.39, 0.29) is 88.0 Å². The number of hydrogen-bond acceptors (Lipinski definition) is 33. The third-order valence-corrected chi connectivity index (χ3v) is 7.98. The molecule has 0 radical (unpaired) electrons. The molecule has 1 aromatic rings. The molecule has 0 fully saturated rings. The number of amides is 3. The van der Waals surface area contributed by atoms with E-state index in [9.17, 15) is 71.9 Å². The number of nitrogens with two attached hydrogens (primary N) is 17. The first-order chi connectivity index (χ1) is 43.2. The Morgan fingerprint density at radius 2 is 0.720 bits per heavy atom. The summed E-state index contributed by atoms with van der Waals surface area (Å²) in [6.07, 6.45) is 16.0. The van der Waals surface area contributed by atoms with Crippen LogP contribution in [0.2, 0.25) is 0 Å². The highest BCUT2D eigenvalue weighted by Crippen LogP contribution is 2.02. The highest BCUT2D eigenvalue weighted by Gasteiger charge is 2.08. The first-order valence-corrected chi connectivity index (χ1v) is 27.9. The Bertz CT molecular complexity index is 1810. The zero-order valence-electron chi connectivity index (χ0n) is 55.0. The first kappa shape index (κ1) is 116. The molecule has 3 amide bonds. The lowest BCUT2D eigenvalue weighted by molar-refractivity contribution is -0.137. The Morgan fingerprint density at radius 1 is 0.441 bits per heavy atom. The standard InChI is InChI=1S/C6H9N3O.2C6H13NO.2C5H10N2O2.C5H9NO3.C4H8N2O2.4C3H7NO.3C2H5NO/c7-5(3-10)1-6-2-8-4-9-6;1-5(2)3-6(7)4-8;1-3-5(2)6(7)4-8;2*6-4(3-8)1-2-5(7)9;6-4(3-7)1-2-5(8)9;5-3(2-7)1-4(6)8;4*1-3(4)2-5;3*3-1-2-4/h2-5H,1,7H2,(H,8,9);2*4-6H,3,7H2,1-2H3;2*3-4H,1-2,6H2,(H2,7,9);3-4H,1-2,6H2,(H,8,9);2-3H,1,5H2,(H2,6,8);4*2-3H,4H2,1H3;3*2H,1,3H2/t5-;6-;5-,6+;3*4-;5*3-;;;/m11111111111.../s1. The molecule has 36 N–H and O–H groups in total. The van der Waals surface area contributed by atoms with Crippen molar-refractivity contribution in [2.24, 2.45) is 109 Å². The molecule has 1 heterocycles. The van der Waals surface area contributed by atoms with E-state index in [1.54, 1.807) is 40.2 Å². The molecule has 544 valence electrons. The van der Waals surface area contributed by atoms with Crippen molar-refractivity contribution in [3.05, 3.63) is 18.2 Å². The molecular formula is C55H115N19O19. The summed E-state index contributed by atoms with van der Waals surface area (Å²) in [6.45, 7) is 15.0. The zero-order valence-corrected chi connectivity index (χ0v) is 55.0. The van der Waals surface area contributed by atoms with Gasteiger partial charge in [0.15, 0.2) is 0 Å². The second-order valence-electron chi connectivity index (χ2n) is 18.6. The van der Waals surface area contributed by atoms with Gasteiger partial charge in [-0.1, -0.05) is 34.1 Å². The average Bonchev–Trinajstić information content (AvgIpc) is 3.93. The molecule has 1 aromatic heterocycles. The fourth-order valence-corrected chi connectivity index (χ4v) is 3.10. The van der Waals surface area contributed by atoms with E-state index in [1.807, 2.05) is 27.7 Å². The van der Waals surface area contributed by atoms with Crippen LogP contribution < -0.4 is 97.5 Å². The van der Waals surface area contributed by atoms with Crippen LogP contribution in [-0.2, 0) is 92.7 Å². The summed E-state index contributed by atoms with van der Waals surface area (Å²) in [5, 5.41) is 8.09. The maximum absolute atomic E-state index is 10.1. The smallest absolute Gasteiger partial charge is 0.303 e. The monoisotopic (exact) mass is 1350 g/mol. The van der Waals surface area contributed by atoms with Crippen molar-refractivity contribution >= 4 is 112 Å². The number of aliphatic carboxylic acids is 1. The van der Waals surface area contributed by atoms with Crippen LogP contribution in [0.15, 0.2) is 12.5 Å². The van der Waals surface area contributed by atoms with Crippen molar-refractivity contribution in [3.8, 4) is 0 Å². The Hall–Kier alpha value is -8.09. The second kappa shape index (κ2) is 97.5. The minimum Gasteiger partial charge on any atom is -0.481 e. The molecule has 0 saturated heterocycles. The molecule has 38 nitrogen and oxygen atoms in total. The predicted octanol–water partition coefficient (Wildman–Crippen LogP) is -8.52. The number of carbonyl (C=O) groups is 18. The summed E-state index contributed by atoms with van der Waals surface area (Å²) < 4.78 is 0. The predicted molar refractivity (Wildman–Crippen MR) is 351 cm³/mol. The molecule has 0 bridgehead atoms. The van der Waals surface area contributed by atoms with Gasteiger partial charge >= 0.3 is 5.97 Å². The van der Waals surface area contributed by atoms with E-state index in [0.29, 0.717) is 100 Å². The number of nitrogens with zero attached hydrogens (tertiary/aromatic N) is 1. The van der Waals surface area contributed by atoms with Crippen molar-refractivity contribution in [1.29, 1.82) is 0 Å². The van der Waals surface area contributed by atoms with Gasteiger partial charge in [-0.05, 0) is 65.2 Å². The normalized spacial score (nSPS) is 12.6. The van der Waals surface area contributed by atoms with Crippen molar-refractivity contribution in [2.75, 3.05) is 19.6 Å². The minimum atomic E-state index is -0.924. The molecule has 38 heteroatoms. The SMILES string of the molecule is CC(C)C[C@@H](N)C=O.CC[C@@H](C)[C@@H](N)C=O.C[C@@H](N)C=O.C[C@@H](N)C=O.C[C@@H](N)C=O.C[C@@H](N)C=O.NC(=O)CC[C@@H](N)C=O.NC(=O)CC[C@@H](N)C=O.NC(=O)C[C@@H](N)C=O.NCC=O.NCC=O.NCC=O.N[C@@H](C=O)CCC(=O)O.N[C@@H](C=O)Cc1cnc[nH]1. The molecule has 0 aliphatic carbocycles. The Morgan fingerprint density at radius 3 is 0.860 bits per heavy atom. The van der Waals surface area contributed by atoms with E-state index < -0.39 is 53.9 Å². The van der Waals surface area contributed by atoms with Crippen LogP contribution in [-0.4, -0.2) is 213 Å². The highest BCUT2D eigenvalue weighted by molar-refractivity contribution is 5.78. The molecule has 0 saturated carbocycles. The number of carboxylic acid groups (broad SMARTS) is 1. The van der Waals surface area contributed by atoms with Crippen LogP contribution in [0.5, 0.6) is 0 Å². The van der Waals surface area contributed by atoms with Crippen LogP contribution in [0.1, 0.15) is 119 Å². The third kappa shape index (κ3) is 174. The van der Waals surface area contributed by atoms with Crippen molar-refractivity contribution in [3.63, 3.8) is 0 Å². The molecule has 0 spiro atoms. The summed E-state index contributed by atoms with van der Waals surface area (Å²) in [4.78, 5) is 180. The fraction of sp³-hybridized carbons (Fsp3) is 0.618. The number of primary amides is 3. The van der Waals surface area contributed by atoms with Crippen molar-refractivity contribution in [1.82, 2.24) is 9.97 Å². The number of aldehydes is 14. The van der Waals surface area contributed by atoms with Gasteiger partial charge in [0.05, 0.1) is 72.8 Å². The number of nitrogens with one attached hydrogen (secondary N) is 1. The van der Waals surface area contributed by atoms with Crippen molar-refractivity contribution in [2.45, 2.75) is 186 Å². The molecule has 0 aliphatic heterocycles. The Balaban J connectivity index is -0.0000000681. The Labute approximate surface area is 544 Å². The lowest BCUT2D eigenvalue weighted by atomic mass is 10.0. The van der Waals surface area contributed by atoms with Gasteiger partial charge in [-0.25, -0.2) is 4.98 Å². The molecular weight excluding hydrogens is 1230 g/mol. The van der Waals surface area contributed by atoms with Gasteiger partial charge in [-0.3, -0.25) is 19.2 Å². The van der Waals surface area contributed by atoms with Gasteiger partial charge in [-0.2, -0.15) is 0 Å². The van der Waals surface area contributed by atoms with Crippen molar-refractivity contribution < 1.29 is 91.4 Å². The van der Waals surface area contributed by atoms with E-state index in [4.69, 9.17) is 99.8 Å². The van der Waals surface area contributed by atoms with Crippen LogP contribution in [0.25, 0.3) is 0 Å². The maximum atomic E-state index is 10.1. The van der Waals surface area contributed by atoms with E-state index in [0.717, 1.165) is 37.4 Å². The molecule has 0 unspecified atom stereocenters. The molecule has 93 heavy (non-hydrogen) atoms. The average molecular weight is 1350 g/mol. The summed E-state index contributed by atoms with van der Waals surface area (Å²) in [5.41, 5.74) is 85.2. The topological polar surface area (TPSA) is 799 Å². The summed E-state index contributed by atoms with van der Waals surface area (Å²) in [5.74, 6) is -1.47. The van der Waals surface area contributed by atoms with Crippen LogP contribution >= 0.6 is 0 Å². The second-order valence-corrected chi connectivity index (χ2v) is 18.6. The van der Waals surface area contributed by atoms with E-state index >= 15 is 0 Å². The van der Waals surface area contributed by atoms with Gasteiger partial charge in [-0.15, -0.1) is 0 Å². The lowest BCUT2D eigenvalue weighted by Crippen LogP contribution is -2.28. The van der Waals surface area contributed by atoms with Gasteiger partial charge in [0, 0.05) is 63.6 Å². The summed E-state index contributed by atoms with van der Waals surface area (Å²) in [7, 11) is 0. The number of H-pyrrole nitrogens is 1. The molecule has 0 aromatic carbocycles. The molecule has 12 atom stereocenters. The maximum Gasteiger partial charge on any atom is 0.303 e. The Kier molecular flexibility index (Phi) is 121. The van der Waals surface area contributed by atoms with Crippen LogP contribution in [0.3, 0.4) is 0 Å². The van der Waals surface area contributed by atoms with Gasteiger partial charge < -0.3 is 175 Å². The molecule has 0 aliphatic rings. The van der Waals surface area contributed by atoms with Gasteiger partial charge in [0.1, 0.15) is 88.0 Å². The van der Waals surface area contributed by atoms with Gasteiger partial charge in [0.2, 0.25) is 17.7 Å². The number of aromatic nitrogens is 2. The lowest BCUT2D eigenvalue weighted by Gasteiger charge is -2.09. The molecule has 1 rings (SSSR count). The number of carboxylic acids is 1. The summed E-state index contributed by atoms with van der Waals surface area (Å²) >= 11 is 0. The first-order valence-electron chi connectivity index (χ1n) is 27.9. The largest absolute Gasteiger partial charge is 0.481 e.